The summed E-state index contributed by atoms with van der Waals surface area (Å²) in [4.78, 5) is 60.4. The minimum atomic E-state index is -0.738. The van der Waals surface area contributed by atoms with E-state index in [0.29, 0.717) is 16.7 Å². The van der Waals surface area contributed by atoms with Crippen LogP contribution in [0.5, 0.6) is 5.75 Å². The first-order valence-corrected chi connectivity index (χ1v) is 9.54. The molecule has 10 heteroatoms. The molecule has 158 valence electrons. The summed E-state index contributed by atoms with van der Waals surface area (Å²) in [5.74, 6) is -1.61. The number of nitro groups is 1. The van der Waals surface area contributed by atoms with Crippen LogP contribution in [0.25, 0.3) is 0 Å². The van der Waals surface area contributed by atoms with E-state index >= 15 is 0 Å². The second-order valence-electron chi connectivity index (χ2n) is 7.25. The zero-order valence-corrected chi connectivity index (χ0v) is 16.2. The Morgan fingerprint density at radius 2 is 1.90 bits per heavy atom. The van der Waals surface area contributed by atoms with E-state index in [1.807, 2.05) is 0 Å². The Kier molecular flexibility index (Phi) is 5.20. The highest BCUT2D eigenvalue weighted by atomic mass is 16.6. The lowest BCUT2D eigenvalue weighted by molar-refractivity contribution is -0.384. The molecule has 1 N–H and O–H groups in total. The minimum Gasteiger partial charge on any atom is -0.426 e. The number of piperidine rings is 1. The number of hydrogen-bond donors (Lipinski definition) is 1. The molecule has 1 atom stereocenters. The molecule has 0 aliphatic carbocycles. The van der Waals surface area contributed by atoms with Crippen LogP contribution in [0, 0.1) is 10.1 Å². The van der Waals surface area contributed by atoms with Crippen molar-refractivity contribution in [2.45, 2.75) is 31.8 Å². The van der Waals surface area contributed by atoms with Crippen LogP contribution in [0.4, 0.5) is 5.69 Å². The number of non-ortho nitro benzene ring substituents is 1. The molecule has 2 aliphatic rings. The van der Waals surface area contributed by atoms with E-state index in [1.165, 1.54) is 29.2 Å². The fourth-order valence-corrected chi connectivity index (χ4v) is 3.77. The number of amides is 3. The number of nitrogens with zero attached hydrogens (tertiary/aromatic N) is 2. The molecular formula is C21H17N3O7. The molecular weight excluding hydrogens is 406 g/mol. The molecule has 0 saturated carbocycles. The van der Waals surface area contributed by atoms with Crippen LogP contribution < -0.4 is 10.1 Å². The summed E-state index contributed by atoms with van der Waals surface area (Å²) in [5, 5.41) is 13.0. The first-order valence-electron chi connectivity index (χ1n) is 9.54. The number of fused-ring (bicyclic) bond motifs is 1. The lowest BCUT2D eigenvalue weighted by Crippen LogP contribution is -2.52. The topological polar surface area (TPSA) is 136 Å². The average Bonchev–Trinajstić information content (AvgIpc) is 3.06. The van der Waals surface area contributed by atoms with Gasteiger partial charge in [0.05, 0.1) is 11.3 Å². The van der Waals surface area contributed by atoms with Crippen LogP contribution in [-0.2, 0) is 27.3 Å². The molecule has 10 nitrogen and oxygen atoms in total. The Bertz CT molecular complexity index is 1110. The second kappa shape index (κ2) is 7.98. The van der Waals surface area contributed by atoms with Gasteiger partial charge in [0.1, 0.15) is 11.8 Å². The maximum atomic E-state index is 12.8. The maximum Gasteiger partial charge on any atom is 0.315 e. The number of esters is 1. The fraction of sp³-hybridized carbons (Fsp3) is 0.238. The van der Waals surface area contributed by atoms with E-state index < -0.39 is 22.8 Å². The molecule has 0 radical (unpaired) electrons. The van der Waals surface area contributed by atoms with Crippen LogP contribution in [0.15, 0.2) is 42.5 Å². The van der Waals surface area contributed by atoms with Gasteiger partial charge in [0.15, 0.2) is 0 Å². The molecule has 1 unspecified atom stereocenters. The SMILES string of the molecule is O=C1CCC(N2Cc3c(CC(=O)Oc4ccc([N+](=O)[O-])cc4)cccc3C2=O)C(=O)N1. The largest absolute Gasteiger partial charge is 0.426 e. The number of hydrogen-bond acceptors (Lipinski definition) is 7. The van der Waals surface area contributed by atoms with Crippen molar-refractivity contribution in [2.24, 2.45) is 0 Å². The van der Waals surface area contributed by atoms with E-state index in [9.17, 15) is 29.3 Å². The average molecular weight is 423 g/mol. The van der Waals surface area contributed by atoms with Gasteiger partial charge >= 0.3 is 5.97 Å². The standard InChI is InChI=1S/C21H17N3O7/c25-18-9-8-17(20(27)22-18)23-11-16-12(2-1-3-15(16)21(23)28)10-19(26)31-14-6-4-13(5-7-14)24(29)30/h1-7,17H,8-11H2,(H,22,25,27). The monoisotopic (exact) mass is 423 g/mol. The molecule has 0 aromatic heterocycles. The maximum absolute atomic E-state index is 12.8. The molecule has 2 aromatic rings. The number of imide groups is 1. The first kappa shape index (κ1) is 20.2. The molecule has 0 spiro atoms. The van der Waals surface area contributed by atoms with Crippen molar-refractivity contribution < 1.29 is 28.8 Å². The van der Waals surface area contributed by atoms with Gasteiger partial charge in [-0.1, -0.05) is 12.1 Å². The molecule has 31 heavy (non-hydrogen) atoms. The first-order chi connectivity index (χ1) is 14.8. The zero-order chi connectivity index (χ0) is 22.1. The van der Waals surface area contributed by atoms with Gasteiger partial charge in [-0.25, -0.2) is 0 Å². The molecule has 1 saturated heterocycles. The van der Waals surface area contributed by atoms with E-state index in [4.69, 9.17) is 4.74 Å². The van der Waals surface area contributed by atoms with Crippen molar-refractivity contribution in [1.29, 1.82) is 0 Å². The molecule has 2 aromatic carbocycles. The smallest absolute Gasteiger partial charge is 0.315 e. The summed E-state index contributed by atoms with van der Waals surface area (Å²) in [5.41, 5.74) is 1.52. The summed E-state index contributed by atoms with van der Waals surface area (Å²) in [6, 6.07) is 9.39. The molecule has 0 bridgehead atoms. The summed E-state index contributed by atoms with van der Waals surface area (Å²) in [6.07, 6.45) is 0.295. The van der Waals surface area contributed by atoms with Crippen LogP contribution in [0.2, 0.25) is 0 Å². The molecule has 3 amide bonds. The van der Waals surface area contributed by atoms with Crippen molar-refractivity contribution in [1.82, 2.24) is 10.2 Å². The normalized spacial score (nSPS) is 17.9. The third-order valence-electron chi connectivity index (χ3n) is 5.29. The highest BCUT2D eigenvalue weighted by Crippen LogP contribution is 2.30. The number of carbonyl (C=O) groups is 4. The summed E-state index contributed by atoms with van der Waals surface area (Å²) < 4.78 is 5.25. The van der Waals surface area contributed by atoms with Gasteiger partial charge in [-0.3, -0.25) is 34.6 Å². The Balaban J connectivity index is 1.48. The Morgan fingerprint density at radius 3 is 2.58 bits per heavy atom. The van der Waals surface area contributed by atoms with Gasteiger partial charge in [-0.05, 0) is 35.7 Å². The van der Waals surface area contributed by atoms with Crippen LogP contribution in [0.1, 0.15) is 34.3 Å². The van der Waals surface area contributed by atoms with Crippen molar-refractivity contribution in [2.75, 3.05) is 0 Å². The minimum absolute atomic E-state index is 0.114. The van der Waals surface area contributed by atoms with Crippen LogP contribution in [0.3, 0.4) is 0 Å². The number of rotatable bonds is 5. The highest BCUT2D eigenvalue weighted by Gasteiger charge is 2.39. The second-order valence-corrected chi connectivity index (χ2v) is 7.25. The van der Waals surface area contributed by atoms with Gasteiger partial charge in [-0.15, -0.1) is 0 Å². The lowest BCUT2D eigenvalue weighted by Gasteiger charge is -2.29. The highest BCUT2D eigenvalue weighted by molar-refractivity contribution is 6.05. The molecule has 1 fully saturated rings. The summed E-state index contributed by atoms with van der Waals surface area (Å²) in [6.45, 7) is 0.154. The van der Waals surface area contributed by atoms with Gasteiger partial charge in [-0.2, -0.15) is 0 Å². The lowest BCUT2D eigenvalue weighted by atomic mass is 10.0. The van der Waals surface area contributed by atoms with E-state index in [0.717, 1.165) is 0 Å². The zero-order valence-electron chi connectivity index (χ0n) is 16.2. The van der Waals surface area contributed by atoms with E-state index in [2.05, 4.69) is 5.32 Å². The predicted molar refractivity (Wildman–Crippen MR) is 105 cm³/mol. The van der Waals surface area contributed by atoms with Gasteiger partial charge in [0.2, 0.25) is 11.8 Å². The van der Waals surface area contributed by atoms with Crippen molar-refractivity contribution in [3.05, 3.63) is 69.3 Å². The van der Waals surface area contributed by atoms with Crippen molar-refractivity contribution in [3.63, 3.8) is 0 Å². The summed E-state index contributed by atoms with van der Waals surface area (Å²) in [7, 11) is 0. The third-order valence-corrected chi connectivity index (χ3v) is 5.29. The Hall–Kier alpha value is -4.08. The quantitative estimate of drug-likeness (QED) is 0.253. The number of nitrogens with one attached hydrogen (secondary N) is 1. The van der Waals surface area contributed by atoms with Gasteiger partial charge in [0.25, 0.3) is 11.6 Å². The van der Waals surface area contributed by atoms with E-state index in [-0.39, 0.29) is 49.1 Å². The van der Waals surface area contributed by atoms with Crippen molar-refractivity contribution >= 4 is 29.4 Å². The summed E-state index contributed by atoms with van der Waals surface area (Å²) >= 11 is 0. The van der Waals surface area contributed by atoms with Crippen LogP contribution >= 0.6 is 0 Å². The predicted octanol–water partition coefficient (Wildman–Crippen LogP) is 1.50. The Morgan fingerprint density at radius 1 is 1.16 bits per heavy atom. The van der Waals surface area contributed by atoms with Crippen molar-refractivity contribution in [3.8, 4) is 5.75 Å². The molecule has 2 heterocycles. The number of carbonyl (C=O) groups excluding carboxylic acids is 4. The molecule has 2 aliphatic heterocycles. The number of nitro benzene ring substituents is 1. The van der Waals surface area contributed by atoms with Gasteiger partial charge in [0, 0.05) is 30.7 Å². The third kappa shape index (κ3) is 4.00. The number of benzene rings is 2. The van der Waals surface area contributed by atoms with E-state index in [1.54, 1.807) is 18.2 Å². The number of ether oxygens (including phenoxy) is 1. The van der Waals surface area contributed by atoms with Gasteiger partial charge < -0.3 is 9.64 Å². The fourth-order valence-electron chi connectivity index (χ4n) is 3.77. The van der Waals surface area contributed by atoms with Crippen LogP contribution in [-0.4, -0.2) is 39.6 Å². The Labute approximate surface area is 175 Å². The molecule has 4 rings (SSSR count).